The standard InChI is InChI=1S/C8H8BrN3O/c1-13-5-2-3-12-6(10)4-11-8(12)7(5)9/h2-4H,10H2,1H3. The van der Waals surface area contributed by atoms with Gasteiger partial charge in [0.05, 0.1) is 13.3 Å². The van der Waals surface area contributed by atoms with E-state index in [1.54, 1.807) is 17.7 Å². The average molecular weight is 242 g/mol. The predicted octanol–water partition coefficient (Wildman–Crippen LogP) is 1.69. The van der Waals surface area contributed by atoms with Crippen LogP contribution in [-0.4, -0.2) is 16.5 Å². The fourth-order valence-corrected chi connectivity index (χ4v) is 1.76. The van der Waals surface area contributed by atoms with Gasteiger partial charge in [0.15, 0.2) is 5.65 Å². The molecule has 0 unspecified atom stereocenters. The molecule has 0 fully saturated rings. The third-order valence-corrected chi connectivity index (χ3v) is 2.58. The second kappa shape index (κ2) is 2.92. The van der Waals surface area contributed by atoms with E-state index in [0.717, 1.165) is 15.9 Å². The van der Waals surface area contributed by atoms with Gasteiger partial charge < -0.3 is 10.5 Å². The molecule has 0 aliphatic heterocycles. The Morgan fingerprint density at radius 1 is 1.62 bits per heavy atom. The topological polar surface area (TPSA) is 52.5 Å². The number of fused-ring (bicyclic) bond motifs is 1. The van der Waals surface area contributed by atoms with E-state index in [0.29, 0.717) is 5.82 Å². The quantitative estimate of drug-likeness (QED) is 0.827. The van der Waals surface area contributed by atoms with Crippen LogP contribution < -0.4 is 10.5 Å². The predicted molar refractivity (Wildman–Crippen MR) is 53.9 cm³/mol. The Kier molecular flexibility index (Phi) is 1.88. The van der Waals surface area contributed by atoms with Crippen LogP contribution in [-0.2, 0) is 0 Å². The normalized spacial score (nSPS) is 10.6. The van der Waals surface area contributed by atoms with Crippen molar-refractivity contribution in [2.45, 2.75) is 0 Å². The number of aromatic nitrogens is 2. The van der Waals surface area contributed by atoms with E-state index in [1.165, 1.54) is 0 Å². The van der Waals surface area contributed by atoms with Gasteiger partial charge in [-0.1, -0.05) is 0 Å². The Hall–Kier alpha value is -1.23. The summed E-state index contributed by atoms with van der Waals surface area (Å²) in [6, 6.07) is 1.83. The number of methoxy groups -OCH3 is 1. The molecule has 2 aromatic heterocycles. The molecule has 4 nitrogen and oxygen atoms in total. The van der Waals surface area contributed by atoms with Gasteiger partial charge in [-0.15, -0.1) is 0 Å². The van der Waals surface area contributed by atoms with Crippen molar-refractivity contribution >= 4 is 27.4 Å². The maximum absolute atomic E-state index is 5.68. The fourth-order valence-electron chi connectivity index (χ4n) is 1.18. The van der Waals surface area contributed by atoms with Crippen molar-refractivity contribution in [3.05, 3.63) is 22.9 Å². The molecule has 0 aromatic carbocycles. The van der Waals surface area contributed by atoms with Crippen molar-refractivity contribution in [3.63, 3.8) is 0 Å². The minimum atomic E-state index is 0.610. The van der Waals surface area contributed by atoms with Crippen molar-refractivity contribution in [3.8, 4) is 5.75 Å². The van der Waals surface area contributed by atoms with Gasteiger partial charge in [-0.05, 0) is 22.0 Å². The molecule has 2 aromatic rings. The number of nitrogen functional groups attached to an aromatic ring is 1. The van der Waals surface area contributed by atoms with Crippen LogP contribution in [0.3, 0.4) is 0 Å². The molecule has 0 bridgehead atoms. The van der Waals surface area contributed by atoms with Gasteiger partial charge >= 0.3 is 0 Å². The summed E-state index contributed by atoms with van der Waals surface area (Å²) in [6.45, 7) is 0. The lowest BCUT2D eigenvalue weighted by Crippen LogP contribution is -1.94. The van der Waals surface area contributed by atoms with Crippen LogP contribution in [0.4, 0.5) is 5.82 Å². The lowest BCUT2D eigenvalue weighted by Gasteiger charge is -2.04. The number of nitrogens with zero attached hydrogens (tertiary/aromatic N) is 2. The van der Waals surface area contributed by atoms with Crippen LogP contribution in [0.1, 0.15) is 0 Å². The summed E-state index contributed by atoms with van der Waals surface area (Å²) < 4.78 is 7.72. The molecule has 2 rings (SSSR count). The third-order valence-electron chi connectivity index (χ3n) is 1.83. The van der Waals surface area contributed by atoms with Crippen molar-refractivity contribution in [1.29, 1.82) is 0 Å². The zero-order valence-electron chi connectivity index (χ0n) is 6.99. The number of anilines is 1. The van der Waals surface area contributed by atoms with E-state index in [4.69, 9.17) is 10.5 Å². The summed E-state index contributed by atoms with van der Waals surface area (Å²) >= 11 is 3.39. The van der Waals surface area contributed by atoms with Crippen molar-refractivity contribution in [2.24, 2.45) is 0 Å². The molecule has 0 atom stereocenters. The Bertz CT molecular complexity index is 452. The summed E-state index contributed by atoms with van der Waals surface area (Å²) in [5, 5.41) is 0. The first kappa shape index (κ1) is 8.37. The van der Waals surface area contributed by atoms with Crippen LogP contribution in [0.2, 0.25) is 0 Å². The molecule has 0 radical (unpaired) electrons. The zero-order chi connectivity index (χ0) is 9.42. The van der Waals surface area contributed by atoms with E-state index in [2.05, 4.69) is 20.9 Å². The van der Waals surface area contributed by atoms with E-state index in [1.807, 2.05) is 12.3 Å². The highest BCUT2D eigenvalue weighted by atomic mass is 79.9. The molecule has 68 valence electrons. The van der Waals surface area contributed by atoms with Crippen LogP contribution in [0.5, 0.6) is 5.75 Å². The molecule has 0 amide bonds. The molecule has 0 spiro atoms. The third kappa shape index (κ3) is 1.16. The summed E-state index contributed by atoms with van der Waals surface area (Å²) in [4.78, 5) is 4.14. The maximum Gasteiger partial charge on any atom is 0.156 e. The van der Waals surface area contributed by atoms with Crippen molar-refractivity contribution < 1.29 is 4.74 Å². The number of imidazole rings is 1. The van der Waals surface area contributed by atoms with E-state index >= 15 is 0 Å². The number of nitrogens with two attached hydrogens (primary N) is 1. The lowest BCUT2D eigenvalue weighted by atomic mass is 10.4. The van der Waals surface area contributed by atoms with Crippen LogP contribution >= 0.6 is 15.9 Å². The highest BCUT2D eigenvalue weighted by molar-refractivity contribution is 9.10. The van der Waals surface area contributed by atoms with Gasteiger partial charge in [0.25, 0.3) is 0 Å². The number of pyridine rings is 1. The van der Waals surface area contributed by atoms with Gasteiger partial charge in [0, 0.05) is 6.20 Å². The lowest BCUT2D eigenvalue weighted by molar-refractivity contribution is 0.412. The monoisotopic (exact) mass is 241 g/mol. The van der Waals surface area contributed by atoms with Crippen molar-refractivity contribution in [1.82, 2.24) is 9.38 Å². The first-order valence-electron chi connectivity index (χ1n) is 3.69. The van der Waals surface area contributed by atoms with Crippen molar-refractivity contribution in [2.75, 3.05) is 12.8 Å². The number of hydrogen-bond acceptors (Lipinski definition) is 3. The van der Waals surface area contributed by atoms with Crippen LogP contribution in [0.15, 0.2) is 22.9 Å². The average Bonchev–Trinajstić information content (AvgIpc) is 2.50. The largest absolute Gasteiger partial charge is 0.495 e. The fraction of sp³-hybridized carbons (Fsp3) is 0.125. The zero-order valence-corrected chi connectivity index (χ0v) is 8.58. The highest BCUT2D eigenvalue weighted by Gasteiger charge is 2.08. The second-order valence-corrected chi connectivity index (χ2v) is 3.37. The number of hydrogen-bond donors (Lipinski definition) is 1. The van der Waals surface area contributed by atoms with E-state index < -0.39 is 0 Å². The SMILES string of the molecule is COc1ccn2c(N)cnc2c1Br. The first-order chi connectivity index (χ1) is 6.24. The Morgan fingerprint density at radius 2 is 2.38 bits per heavy atom. The molecular formula is C8H8BrN3O. The molecule has 5 heteroatoms. The molecule has 0 aliphatic rings. The summed E-state index contributed by atoms with van der Waals surface area (Å²) in [6.07, 6.45) is 3.43. The van der Waals surface area contributed by atoms with Gasteiger partial charge in [-0.25, -0.2) is 4.98 Å². The number of rotatable bonds is 1. The van der Waals surface area contributed by atoms with Crippen LogP contribution in [0, 0.1) is 0 Å². The van der Waals surface area contributed by atoms with Gasteiger partial charge in [0.2, 0.25) is 0 Å². The Morgan fingerprint density at radius 3 is 3.08 bits per heavy atom. The van der Waals surface area contributed by atoms with Gasteiger partial charge in [-0.2, -0.15) is 0 Å². The summed E-state index contributed by atoms with van der Waals surface area (Å²) in [5.74, 6) is 1.36. The smallest absolute Gasteiger partial charge is 0.156 e. The summed E-state index contributed by atoms with van der Waals surface area (Å²) in [7, 11) is 1.61. The molecule has 0 aliphatic carbocycles. The molecule has 0 saturated carbocycles. The molecular weight excluding hydrogens is 234 g/mol. The van der Waals surface area contributed by atoms with Crippen LogP contribution in [0.25, 0.3) is 5.65 Å². The minimum Gasteiger partial charge on any atom is -0.495 e. The first-order valence-corrected chi connectivity index (χ1v) is 4.48. The molecule has 2 heterocycles. The van der Waals surface area contributed by atoms with E-state index in [9.17, 15) is 0 Å². The highest BCUT2D eigenvalue weighted by Crippen LogP contribution is 2.29. The maximum atomic E-state index is 5.68. The molecule has 13 heavy (non-hydrogen) atoms. The number of ether oxygens (including phenoxy) is 1. The summed E-state index contributed by atoms with van der Waals surface area (Å²) in [5.41, 5.74) is 6.44. The van der Waals surface area contributed by atoms with Gasteiger partial charge in [-0.3, -0.25) is 4.40 Å². The molecule has 0 saturated heterocycles. The molecule has 2 N–H and O–H groups in total. The second-order valence-electron chi connectivity index (χ2n) is 2.57. The Labute approximate surface area is 83.5 Å². The Balaban J connectivity index is 2.80. The van der Waals surface area contributed by atoms with E-state index in [-0.39, 0.29) is 0 Å². The number of halogens is 1. The van der Waals surface area contributed by atoms with Gasteiger partial charge in [0.1, 0.15) is 16.0 Å². The minimum absolute atomic E-state index is 0.610.